The van der Waals surface area contributed by atoms with Gasteiger partial charge in [-0.25, -0.2) is 0 Å². The van der Waals surface area contributed by atoms with Crippen molar-refractivity contribution in [1.29, 1.82) is 0 Å². The molecule has 2 N–H and O–H groups in total. The van der Waals surface area contributed by atoms with Gasteiger partial charge in [0.05, 0.1) is 0 Å². The van der Waals surface area contributed by atoms with Crippen LogP contribution in [-0.4, -0.2) is 47.3 Å². The number of hydrogen-bond donors (Lipinski definition) is 1. The Balaban J connectivity index is 0.00000288. The largest absolute Gasteiger partial charge is 0.399 e. The number of carbonyl (C=O) groups excluding carboxylic acids is 2. The number of aryl methyl sites for hydroxylation is 1. The van der Waals surface area contributed by atoms with Gasteiger partial charge in [0, 0.05) is 31.7 Å². The number of likely N-dealkylation sites (tertiary alicyclic amines) is 1. The topological polar surface area (TPSA) is 66.6 Å². The van der Waals surface area contributed by atoms with Crippen molar-refractivity contribution in [3.63, 3.8) is 0 Å². The van der Waals surface area contributed by atoms with E-state index in [-0.39, 0.29) is 30.3 Å². The van der Waals surface area contributed by atoms with E-state index in [0.717, 1.165) is 24.1 Å². The number of amides is 2. The lowest BCUT2D eigenvalue weighted by Gasteiger charge is -2.29. The molecule has 0 saturated carbocycles. The van der Waals surface area contributed by atoms with Crippen molar-refractivity contribution in [2.45, 2.75) is 45.6 Å². The van der Waals surface area contributed by atoms with Crippen LogP contribution >= 0.6 is 12.4 Å². The average molecular weight is 354 g/mol. The van der Waals surface area contributed by atoms with Gasteiger partial charge in [-0.15, -0.1) is 12.4 Å². The molecule has 1 aromatic carbocycles. The zero-order valence-corrected chi connectivity index (χ0v) is 15.3. The van der Waals surface area contributed by atoms with Crippen LogP contribution in [0.2, 0.25) is 0 Å². The molecule has 0 aromatic heterocycles. The predicted octanol–water partition coefficient (Wildman–Crippen LogP) is 2.48. The van der Waals surface area contributed by atoms with Gasteiger partial charge in [-0.05, 0) is 44.7 Å². The lowest BCUT2D eigenvalue weighted by atomic mass is 10.1. The summed E-state index contributed by atoms with van der Waals surface area (Å²) in [6.07, 6.45) is 2.69. The number of para-hydroxylation sites is 1. The highest BCUT2D eigenvalue weighted by Crippen LogP contribution is 2.22. The van der Waals surface area contributed by atoms with Crippen LogP contribution in [0.25, 0.3) is 0 Å². The lowest BCUT2D eigenvalue weighted by molar-refractivity contribution is -0.143. The molecule has 1 aliphatic heterocycles. The zero-order chi connectivity index (χ0) is 16.8. The number of carbonyl (C=O) groups is 2. The highest BCUT2D eigenvalue weighted by molar-refractivity contribution is 5.88. The minimum atomic E-state index is -0.282. The third-order valence-corrected chi connectivity index (χ3v) is 4.60. The van der Waals surface area contributed by atoms with Gasteiger partial charge < -0.3 is 15.5 Å². The van der Waals surface area contributed by atoms with Crippen molar-refractivity contribution in [2.75, 3.05) is 25.4 Å². The van der Waals surface area contributed by atoms with Gasteiger partial charge in [-0.2, -0.15) is 0 Å². The quantitative estimate of drug-likeness (QED) is 0.799. The van der Waals surface area contributed by atoms with E-state index in [1.807, 2.05) is 43.0 Å². The van der Waals surface area contributed by atoms with E-state index < -0.39 is 0 Å². The number of rotatable bonds is 6. The molecule has 0 aliphatic carbocycles. The van der Waals surface area contributed by atoms with Crippen LogP contribution in [0.4, 0.5) is 5.69 Å². The molecule has 5 nitrogen and oxygen atoms in total. The van der Waals surface area contributed by atoms with Gasteiger partial charge in [0.25, 0.3) is 0 Å². The average Bonchev–Trinajstić information content (AvgIpc) is 3.04. The SMILES string of the molecule is CCN(CC)C(=O)C1CCCN1C(=O)CCc1ccccc1N.Cl. The standard InChI is InChI=1S/C18H27N3O2.ClH/c1-3-20(4-2)18(23)16-10-7-13-21(16)17(22)12-11-14-8-5-6-9-15(14)19;/h5-6,8-9,16H,3-4,7,10-13,19H2,1-2H3;1H. The Bertz CT molecular complexity index is 561. The summed E-state index contributed by atoms with van der Waals surface area (Å²) in [5, 5.41) is 0. The van der Waals surface area contributed by atoms with E-state index in [0.29, 0.717) is 32.5 Å². The molecule has 1 saturated heterocycles. The fourth-order valence-corrected chi connectivity index (χ4v) is 3.22. The number of nitrogens with zero attached hydrogens (tertiary/aromatic N) is 2. The molecule has 0 radical (unpaired) electrons. The number of hydrogen-bond acceptors (Lipinski definition) is 3. The number of anilines is 1. The Kier molecular flexibility index (Phi) is 8.05. The first-order chi connectivity index (χ1) is 11.1. The second-order valence-corrected chi connectivity index (χ2v) is 5.95. The van der Waals surface area contributed by atoms with E-state index in [4.69, 9.17) is 5.73 Å². The third-order valence-electron chi connectivity index (χ3n) is 4.60. The summed E-state index contributed by atoms with van der Waals surface area (Å²) in [4.78, 5) is 28.7. The minimum Gasteiger partial charge on any atom is -0.399 e. The summed E-state index contributed by atoms with van der Waals surface area (Å²) in [6, 6.07) is 7.34. The maximum Gasteiger partial charge on any atom is 0.245 e. The normalized spacial score (nSPS) is 16.6. The Hall–Kier alpha value is -1.75. The highest BCUT2D eigenvalue weighted by Gasteiger charge is 2.35. The maximum atomic E-state index is 12.6. The molecule has 1 unspecified atom stereocenters. The van der Waals surface area contributed by atoms with Gasteiger partial charge in [0.2, 0.25) is 11.8 Å². The third kappa shape index (κ3) is 4.63. The molecule has 2 amide bonds. The number of likely N-dealkylation sites (N-methyl/N-ethyl adjacent to an activating group) is 1. The van der Waals surface area contributed by atoms with Gasteiger partial charge in [0.1, 0.15) is 6.04 Å². The van der Waals surface area contributed by atoms with E-state index >= 15 is 0 Å². The van der Waals surface area contributed by atoms with E-state index in [1.165, 1.54) is 0 Å². The monoisotopic (exact) mass is 353 g/mol. The minimum absolute atomic E-state index is 0. The fraction of sp³-hybridized carbons (Fsp3) is 0.556. The summed E-state index contributed by atoms with van der Waals surface area (Å²) in [6.45, 7) is 6.00. The van der Waals surface area contributed by atoms with Crippen LogP contribution in [0.3, 0.4) is 0 Å². The van der Waals surface area contributed by atoms with Crippen LogP contribution in [0, 0.1) is 0 Å². The molecule has 0 bridgehead atoms. The molecule has 134 valence electrons. The second kappa shape index (κ2) is 9.52. The van der Waals surface area contributed by atoms with Gasteiger partial charge in [-0.3, -0.25) is 9.59 Å². The molecule has 1 atom stereocenters. The molecular formula is C18H28ClN3O2. The summed E-state index contributed by atoms with van der Waals surface area (Å²) in [5.74, 6) is 0.135. The summed E-state index contributed by atoms with van der Waals surface area (Å²) >= 11 is 0. The summed E-state index contributed by atoms with van der Waals surface area (Å²) < 4.78 is 0. The van der Waals surface area contributed by atoms with Crippen molar-refractivity contribution in [3.05, 3.63) is 29.8 Å². The molecule has 1 fully saturated rings. The summed E-state index contributed by atoms with van der Waals surface area (Å²) in [5.41, 5.74) is 7.64. The van der Waals surface area contributed by atoms with Crippen molar-refractivity contribution in [1.82, 2.24) is 9.80 Å². The van der Waals surface area contributed by atoms with Gasteiger partial charge in [0.15, 0.2) is 0 Å². The molecule has 1 aliphatic rings. The van der Waals surface area contributed by atoms with E-state index in [9.17, 15) is 9.59 Å². The molecule has 1 aromatic rings. The number of nitrogen functional groups attached to an aromatic ring is 1. The number of halogens is 1. The van der Waals surface area contributed by atoms with Crippen LogP contribution in [0.15, 0.2) is 24.3 Å². The first kappa shape index (κ1) is 20.3. The molecule has 6 heteroatoms. The van der Waals surface area contributed by atoms with Crippen LogP contribution in [0.5, 0.6) is 0 Å². The van der Waals surface area contributed by atoms with E-state index in [1.54, 1.807) is 4.90 Å². The summed E-state index contributed by atoms with van der Waals surface area (Å²) in [7, 11) is 0. The molecule has 0 spiro atoms. The van der Waals surface area contributed by atoms with E-state index in [2.05, 4.69) is 0 Å². The number of nitrogens with two attached hydrogens (primary N) is 1. The number of benzene rings is 1. The predicted molar refractivity (Wildman–Crippen MR) is 99.1 cm³/mol. The lowest BCUT2D eigenvalue weighted by Crippen LogP contribution is -2.47. The maximum absolute atomic E-state index is 12.6. The Morgan fingerprint density at radius 1 is 1.25 bits per heavy atom. The molecule has 2 rings (SSSR count). The van der Waals surface area contributed by atoms with Crippen LogP contribution in [-0.2, 0) is 16.0 Å². The van der Waals surface area contributed by atoms with Gasteiger partial charge in [-0.1, -0.05) is 18.2 Å². The fourth-order valence-electron chi connectivity index (χ4n) is 3.22. The van der Waals surface area contributed by atoms with Crippen molar-refractivity contribution >= 4 is 29.9 Å². The van der Waals surface area contributed by atoms with Gasteiger partial charge >= 0.3 is 0 Å². The molecular weight excluding hydrogens is 326 g/mol. The smallest absolute Gasteiger partial charge is 0.245 e. The van der Waals surface area contributed by atoms with Crippen molar-refractivity contribution in [3.8, 4) is 0 Å². The first-order valence-corrected chi connectivity index (χ1v) is 8.50. The first-order valence-electron chi connectivity index (χ1n) is 8.50. The Morgan fingerprint density at radius 2 is 1.92 bits per heavy atom. The Labute approximate surface area is 150 Å². The second-order valence-electron chi connectivity index (χ2n) is 5.95. The molecule has 24 heavy (non-hydrogen) atoms. The van der Waals surface area contributed by atoms with Crippen LogP contribution in [0.1, 0.15) is 38.7 Å². The molecule has 1 heterocycles. The van der Waals surface area contributed by atoms with Crippen molar-refractivity contribution in [2.24, 2.45) is 0 Å². The zero-order valence-electron chi connectivity index (χ0n) is 14.5. The van der Waals surface area contributed by atoms with Crippen LogP contribution < -0.4 is 5.73 Å². The highest BCUT2D eigenvalue weighted by atomic mass is 35.5. The Morgan fingerprint density at radius 3 is 2.54 bits per heavy atom. The van der Waals surface area contributed by atoms with Crippen molar-refractivity contribution < 1.29 is 9.59 Å².